The van der Waals surface area contributed by atoms with Gasteiger partial charge in [-0.1, -0.05) is 41.9 Å². The SMILES string of the molecule is CCOc1ccccc1C(=O)N(Cc1cccc(Cl)c1)c1ccccn1. The van der Waals surface area contributed by atoms with Crippen LogP contribution in [0.4, 0.5) is 5.82 Å². The number of halogens is 1. The summed E-state index contributed by atoms with van der Waals surface area (Å²) in [7, 11) is 0. The summed E-state index contributed by atoms with van der Waals surface area (Å²) in [5.41, 5.74) is 1.42. The van der Waals surface area contributed by atoms with Gasteiger partial charge in [-0.2, -0.15) is 0 Å². The van der Waals surface area contributed by atoms with E-state index in [0.717, 1.165) is 5.56 Å². The Morgan fingerprint density at radius 3 is 2.62 bits per heavy atom. The molecule has 0 aliphatic carbocycles. The third kappa shape index (κ3) is 4.21. The number of benzene rings is 2. The smallest absolute Gasteiger partial charge is 0.263 e. The normalized spacial score (nSPS) is 10.4. The number of hydrogen-bond donors (Lipinski definition) is 0. The maximum absolute atomic E-state index is 13.3. The number of aromatic nitrogens is 1. The third-order valence-corrected chi connectivity index (χ3v) is 4.05. The standard InChI is InChI=1S/C21H19ClN2O2/c1-2-26-19-11-4-3-10-18(19)21(25)24(20-12-5-6-13-23-20)15-16-8-7-9-17(22)14-16/h3-14H,2,15H2,1H3. The molecule has 0 aliphatic heterocycles. The molecule has 132 valence electrons. The summed E-state index contributed by atoms with van der Waals surface area (Å²) in [6.07, 6.45) is 1.67. The highest BCUT2D eigenvalue weighted by molar-refractivity contribution is 6.30. The van der Waals surface area contributed by atoms with Crippen LogP contribution in [0.15, 0.2) is 72.9 Å². The van der Waals surface area contributed by atoms with Gasteiger partial charge in [-0.15, -0.1) is 0 Å². The quantitative estimate of drug-likeness (QED) is 0.617. The van der Waals surface area contributed by atoms with Crippen molar-refractivity contribution in [3.05, 3.63) is 89.1 Å². The minimum atomic E-state index is -0.173. The minimum Gasteiger partial charge on any atom is -0.493 e. The Morgan fingerprint density at radius 1 is 1.08 bits per heavy atom. The summed E-state index contributed by atoms with van der Waals surface area (Å²) in [5.74, 6) is 0.962. The van der Waals surface area contributed by atoms with E-state index in [-0.39, 0.29) is 5.91 Å². The van der Waals surface area contributed by atoms with Crippen LogP contribution in [0.3, 0.4) is 0 Å². The van der Waals surface area contributed by atoms with Gasteiger partial charge in [-0.25, -0.2) is 4.98 Å². The molecule has 0 spiro atoms. The van der Waals surface area contributed by atoms with Crippen LogP contribution in [-0.4, -0.2) is 17.5 Å². The van der Waals surface area contributed by atoms with Gasteiger partial charge >= 0.3 is 0 Å². The maximum Gasteiger partial charge on any atom is 0.263 e. The molecule has 2 aromatic carbocycles. The van der Waals surface area contributed by atoms with Crippen LogP contribution < -0.4 is 9.64 Å². The lowest BCUT2D eigenvalue weighted by Crippen LogP contribution is -2.31. The Labute approximate surface area is 158 Å². The fourth-order valence-electron chi connectivity index (χ4n) is 2.66. The van der Waals surface area contributed by atoms with Crippen molar-refractivity contribution in [1.29, 1.82) is 0 Å². The van der Waals surface area contributed by atoms with Crippen molar-refractivity contribution in [2.75, 3.05) is 11.5 Å². The number of rotatable bonds is 6. The van der Waals surface area contributed by atoms with Gasteiger partial charge in [0.1, 0.15) is 11.6 Å². The lowest BCUT2D eigenvalue weighted by molar-refractivity contribution is 0.0980. The highest BCUT2D eigenvalue weighted by Crippen LogP contribution is 2.24. The predicted octanol–water partition coefficient (Wildman–Crippen LogP) is 4.98. The van der Waals surface area contributed by atoms with Crippen LogP contribution in [0, 0.1) is 0 Å². The monoisotopic (exact) mass is 366 g/mol. The van der Waals surface area contributed by atoms with E-state index >= 15 is 0 Å². The highest BCUT2D eigenvalue weighted by atomic mass is 35.5. The van der Waals surface area contributed by atoms with E-state index < -0.39 is 0 Å². The Hall–Kier alpha value is -2.85. The molecule has 0 bridgehead atoms. The molecule has 3 rings (SSSR count). The Balaban J connectivity index is 1.99. The second-order valence-electron chi connectivity index (χ2n) is 5.64. The molecule has 4 nitrogen and oxygen atoms in total. The molecule has 26 heavy (non-hydrogen) atoms. The van der Waals surface area contributed by atoms with Crippen LogP contribution in [0.1, 0.15) is 22.8 Å². The average molecular weight is 367 g/mol. The molecule has 0 fully saturated rings. The van der Waals surface area contributed by atoms with Crippen LogP contribution in [0.2, 0.25) is 5.02 Å². The van der Waals surface area contributed by atoms with Crippen LogP contribution in [0.25, 0.3) is 0 Å². The summed E-state index contributed by atoms with van der Waals surface area (Å²) in [6.45, 7) is 2.74. The average Bonchev–Trinajstić information content (AvgIpc) is 2.67. The zero-order valence-electron chi connectivity index (χ0n) is 14.4. The molecule has 1 amide bonds. The van der Waals surface area contributed by atoms with E-state index in [1.54, 1.807) is 23.2 Å². The van der Waals surface area contributed by atoms with Crippen LogP contribution in [-0.2, 0) is 6.54 Å². The molecular weight excluding hydrogens is 348 g/mol. The van der Waals surface area contributed by atoms with Crippen molar-refractivity contribution in [2.45, 2.75) is 13.5 Å². The molecule has 1 heterocycles. The van der Waals surface area contributed by atoms with Crippen molar-refractivity contribution in [1.82, 2.24) is 4.98 Å². The number of ether oxygens (including phenoxy) is 1. The van der Waals surface area contributed by atoms with E-state index in [9.17, 15) is 4.79 Å². The number of carbonyl (C=O) groups excluding carboxylic acids is 1. The summed E-state index contributed by atoms with van der Waals surface area (Å²) >= 11 is 6.10. The zero-order chi connectivity index (χ0) is 18.4. The number of hydrogen-bond acceptors (Lipinski definition) is 3. The Bertz CT molecular complexity index is 884. The number of para-hydroxylation sites is 1. The first-order chi connectivity index (χ1) is 12.7. The van der Waals surface area contributed by atoms with E-state index in [1.165, 1.54) is 0 Å². The van der Waals surface area contributed by atoms with Crippen LogP contribution >= 0.6 is 11.6 Å². The first-order valence-corrected chi connectivity index (χ1v) is 8.76. The van der Waals surface area contributed by atoms with Crippen molar-refractivity contribution < 1.29 is 9.53 Å². The maximum atomic E-state index is 13.3. The molecule has 3 aromatic rings. The van der Waals surface area contributed by atoms with E-state index in [1.807, 2.05) is 61.5 Å². The number of anilines is 1. The van der Waals surface area contributed by atoms with Gasteiger partial charge in [0, 0.05) is 11.2 Å². The Kier molecular flexibility index (Phi) is 5.87. The molecule has 0 N–H and O–H groups in total. The van der Waals surface area contributed by atoms with E-state index in [2.05, 4.69) is 4.98 Å². The largest absolute Gasteiger partial charge is 0.493 e. The van der Waals surface area contributed by atoms with Gasteiger partial charge in [-0.05, 0) is 48.9 Å². The van der Waals surface area contributed by atoms with Crippen molar-refractivity contribution in [3.63, 3.8) is 0 Å². The zero-order valence-corrected chi connectivity index (χ0v) is 15.2. The van der Waals surface area contributed by atoms with E-state index in [4.69, 9.17) is 16.3 Å². The summed E-state index contributed by atoms with van der Waals surface area (Å²) in [6, 6.07) is 20.2. The summed E-state index contributed by atoms with van der Waals surface area (Å²) < 4.78 is 5.62. The topological polar surface area (TPSA) is 42.4 Å². The third-order valence-electron chi connectivity index (χ3n) is 3.82. The first-order valence-electron chi connectivity index (χ1n) is 8.38. The number of carbonyl (C=O) groups is 1. The lowest BCUT2D eigenvalue weighted by Gasteiger charge is -2.23. The van der Waals surface area contributed by atoms with Crippen molar-refractivity contribution in [2.24, 2.45) is 0 Å². The minimum absolute atomic E-state index is 0.173. The molecule has 0 radical (unpaired) electrons. The van der Waals surface area contributed by atoms with Gasteiger partial charge in [0.15, 0.2) is 0 Å². The molecule has 0 aliphatic rings. The summed E-state index contributed by atoms with van der Waals surface area (Å²) in [5, 5.41) is 0.630. The Morgan fingerprint density at radius 2 is 1.88 bits per heavy atom. The first kappa shape index (κ1) is 18.0. The second kappa shape index (κ2) is 8.50. The molecule has 1 aromatic heterocycles. The van der Waals surface area contributed by atoms with Gasteiger partial charge < -0.3 is 4.74 Å². The number of amides is 1. The molecule has 5 heteroatoms. The second-order valence-corrected chi connectivity index (χ2v) is 6.07. The molecule has 0 unspecified atom stereocenters. The van der Waals surface area contributed by atoms with Crippen molar-refractivity contribution in [3.8, 4) is 5.75 Å². The fraction of sp³-hybridized carbons (Fsp3) is 0.143. The molecule has 0 saturated carbocycles. The summed E-state index contributed by atoms with van der Waals surface area (Å²) in [4.78, 5) is 19.3. The van der Waals surface area contributed by atoms with Gasteiger partial charge in [0.05, 0.1) is 18.7 Å². The molecule has 0 saturated heterocycles. The lowest BCUT2D eigenvalue weighted by atomic mass is 10.1. The van der Waals surface area contributed by atoms with Gasteiger partial charge in [0.2, 0.25) is 0 Å². The van der Waals surface area contributed by atoms with Crippen molar-refractivity contribution >= 4 is 23.3 Å². The fourth-order valence-corrected chi connectivity index (χ4v) is 2.87. The molecular formula is C21H19ClN2O2. The van der Waals surface area contributed by atoms with Crippen LogP contribution in [0.5, 0.6) is 5.75 Å². The number of nitrogens with zero attached hydrogens (tertiary/aromatic N) is 2. The predicted molar refractivity (Wildman–Crippen MR) is 104 cm³/mol. The van der Waals surface area contributed by atoms with E-state index in [0.29, 0.717) is 35.3 Å². The number of pyridine rings is 1. The van der Waals surface area contributed by atoms with Gasteiger partial charge in [0.25, 0.3) is 5.91 Å². The highest BCUT2D eigenvalue weighted by Gasteiger charge is 2.22. The van der Waals surface area contributed by atoms with Gasteiger partial charge in [-0.3, -0.25) is 9.69 Å². The molecule has 0 atom stereocenters.